The zero-order valence-corrected chi connectivity index (χ0v) is 16.8. The summed E-state index contributed by atoms with van der Waals surface area (Å²) in [7, 11) is 2.11. The largest absolute Gasteiger partial charge is 0.325 e. The molecule has 8 heteroatoms. The molecule has 2 fully saturated rings. The van der Waals surface area contributed by atoms with Crippen molar-refractivity contribution in [3.8, 4) is 11.4 Å². The number of likely N-dealkylation sites (tertiary alicyclic amines) is 2. The van der Waals surface area contributed by atoms with Gasteiger partial charge >= 0.3 is 6.03 Å². The quantitative estimate of drug-likeness (QED) is 0.741. The van der Waals surface area contributed by atoms with Gasteiger partial charge < -0.3 is 14.4 Å². The molecule has 1 spiro atoms. The first-order valence-corrected chi connectivity index (χ1v) is 10.5. The van der Waals surface area contributed by atoms with E-state index < -0.39 is 0 Å². The summed E-state index contributed by atoms with van der Waals surface area (Å²) in [4.78, 5) is 19.1. The van der Waals surface area contributed by atoms with Gasteiger partial charge in [0.25, 0.3) is 0 Å². The maximum atomic E-state index is 13.4. The van der Waals surface area contributed by atoms with Crippen molar-refractivity contribution in [2.75, 3.05) is 39.8 Å². The van der Waals surface area contributed by atoms with Gasteiger partial charge in [-0.05, 0) is 57.0 Å². The van der Waals surface area contributed by atoms with Gasteiger partial charge in [0, 0.05) is 38.3 Å². The Balaban J connectivity index is 1.44. The highest BCUT2D eigenvalue weighted by Crippen LogP contribution is 2.39. The van der Waals surface area contributed by atoms with Crippen LogP contribution in [0.2, 0.25) is 0 Å². The molecule has 29 heavy (non-hydrogen) atoms. The highest BCUT2D eigenvalue weighted by atomic mass is 19.1. The van der Waals surface area contributed by atoms with E-state index in [1.807, 2.05) is 9.80 Å². The van der Waals surface area contributed by atoms with Crippen molar-refractivity contribution in [2.24, 2.45) is 0 Å². The van der Waals surface area contributed by atoms with E-state index in [4.69, 9.17) is 0 Å². The molecule has 0 unspecified atom stereocenters. The summed E-state index contributed by atoms with van der Waals surface area (Å²) >= 11 is 0. The molecule has 3 aliphatic rings. The summed E-state index contributed by atoms with van der Waals surface area (Å²) in [5.41, 5.74) is 0.738. The average Bonchev–Trinajstić information content (AvgIpc) is 3.39. The van der Waals surface area contributed by atoms with E-state index in [1.165, 1.54) is 12.1 Å². The molecule has 7 nitrogen and oxygen atoms in total. The molecule has 0 N–H and O–H groups in total. The lowest BCUT2D eigenvalue weighted by molar-refractivity contribution is 0.0563. The van der Waals surface area contributed by atoms with Crippen LogP contribution in [0.15, 0.2) is 24.3 Å². The van der Waals surface area contributed by atoms with Gasteiger partial charge in [0.05, 0.1) is 12.1 Å². The minimum Gasteiger partial charge on any atom is -0.325 e. The van der Waals surface area contributed by atoms with Gasteiger partial charge in [0.15, 0.2) is 5.82 Å². The number of likely N-dealkylation sites (N-methyl/N-ethyl adjacent to an activating group) is 1. The zero-order valence-electron chi connectivity index (χ0n) is 16.8. The maximum Gasteiger partial charge on any atom is 0.320 e. The number of aromatic nitrogens is 3. The number of nitrogens with zero attached hydrogens (tertiary/aromatic N) is 6. The molecule has 4 heterocycles. The minimum atomic E-state index is -0.254. The first-order valence-electron chi connectivity index (χ1n) is 10.5. The van der Waals surface area contributed by atoms with Gasteiger partial charge in [-0.2, -0.15) is 0 Å². The number of benzene rings is 1. The smallest absolute Gasteiger partial charge is 0.320 e. The van der Waals surface area contributed by atoms with Crippen LogP contribution in [0.5, 0.6) is 0 Å². The van der Waals surface area contributed by atoms with E-state index in [2.05, 4.69) is 26.7 Å². The molecular weight excluding hydrogens is 371 g/mol. The predicted octanol–water partition coefficient (Wildman–Crippen LogP) is 2.54. The van der Waals surface area contributed by atoms with Gasteiger partial charge in [-0.1, -0.05) is 0 Å². The molecule has 2 amide bonds. The molecule has 0 aliphatic carbocycles. The molecule has 3 aliphatic heterocycles. The molecule has 0 radical (unpaired) electrons. The van der Waals surface area contributed by atoms with Crippen molar-refractivity contribution in [1.29, 1.82) is 0 Å². The topological polar surface area (TPSA) is 57.5 Å². The fraction of sp³-hybridized carbons (Fsp3) is 0.571. The van der Waals surface area contributed by atoms with Gasteiger partial charge in [-0.3, -0.25) is 4.90 Å². The summed E-state index contributed by atoms with van der Waals surface area (Å²) in [5.74, 6) is 1.49. The van der Waals surface area contributed by atoms with Crippen LogP contribution in [-0.4, -0.2) is 75.3 Å². The molecule has 2 aromatic rings. The number of piperidine rings is 1. The van der Waals surface area contributed by atoms with Gasteiger partial charge in [-0.25, -0.2) is 9.18 Å². The van der Waals surface area contributed by atoms with E-state index in [1.54, 1.807) is 12.1 Å². The second-order valence-electron chi connectivity index (χ2n) is 8.64. The van der Waals surface area contributed by atoms with E-state index in [9.17, 15) is 9.18 Å². The van der Waals surface area contributed by atoms with E-state index in [0.29, 0.717) is 0 Å². The molecule has 1 aromatic carbocycles. The van der Waals surface area contributed by atoms with Crippen LogP contribution in [0.25, 0.3) is 11.4 Å². The highest BCUT2D eigenvalue weighted by molar-refractivity contribution is 5.74. The van der Waals surface area contributed by atoms with Crippen molar-refractivity contribution >= 4 is 6.03 Å². The van der Waals surface area contributed by atoms with Crippen LogP contribution in [0.4, 0.5) is 9.18 Å². The average molecular weight is 398 g/mol. The number of hydrogen-bond acceptors (Lipinski definition) is 4. The molecule has 5 rings (SSSR count). The van der Waals surface area contributed by atoms with Crippen LogP contribution in [-0.2, 0) is 12.1 Å². The lowest BCUT2D eigenvalue weighted by Crippen LogP contribution is -2.57. The Kier molecular flexibility index (Phi) is 4.53. The number of amides is 2. The van der Waals surface area contributed by atoms with Crippen molar-refractivity contribution in [3.05, 3.63) is 35.9 Å². The minimum absolute atomic E-state index is 0.142. The highest BCUT2D eigenvalue weighted by Gasteiger charge is 2.44. The Morgan fingerprint density at radius 1 is 1.00 bits per heavy atom. The van der Waals surface area contributed by atoms with Crippen molar-refractivity contribution in [2.45, 2.75) is 37.8 Å². The third kappa shape index (κ3) is 3.19. The standard InChI is InChI=1S/C21H27FN6O/c1-25-14-18-23-24-19(16-4-6-17(22)7-5-16)28(18)21(15-25)8-12-27(13-9-21)20(29)26-10-2-3-11-26/h4-7H,2-3,8-15H2,1H3. The summed E-state index contributed by atoms with van der Waals surface area (Å²) in [6.07, 6.45) is 3.96. The Morgan fingerprint density at radius 2 is 1.66 bits per heavy atom. The first kappa shape index (κ1) is 18.5. The number of rotatable bonds is 1. The Labute approximate surface area is 170 Å². The normalized spacial score (nSPS) is 21.6. The summed E-state index contributed by atoms with van der Waals surface area (Å²) in [6, 6.07) is 6.66. The van der Waals surface area contributed by atoms with Crippen LogP contribution >= 0.6 is 0 Å². The van der Waals surface area contributed by atoms with Gasteiger partial charge in [-0.15, -0.1) is 10.2 Å². The van der Waals surface area contributed by atoms with Crippen molar-refractivity contribution in [1.82, 2.24) is 29.5 Å². The van der Waals surface area contributed by atoms with Crippen LogP contribution in [0.3, 0.4) is 0 Å². The number of carbonyl (C=O) groups excluding carboxylic acids is 1. The Hall–Kier alpha value is -2.48. The molecule has 1 aromatic heterocycles. The first-order chi connectivity index (χ1) is 14.1. The summed E-state index contributed by atoms with van der Waals surface area (Å²) < 4.78 is 15.7. The Morgan fingerprint density at radius 3 is 2.34 bits per heavy atom. The van der Waals surface area contributed by atoms with E-state index in [-0.39, 0.29) is 17.4 Å². The summed E-state index contributed by atoms with van der Waals surface area (Å²) in [5, 5.41) is 8.94. The SMILES string of the molecule is CN1Cc2nnc(-c3ccc(F)cc3)n2C2(CCN(C(=O)N3CCCC3)CC2)C1. The van der Waals surface area contributed by atoms with Gasteiger partial charge in [0.2, 0.25) is 0 Å². The van der Waals surface area contributed by atoms with Crippen LogP contribution < -0.4 is 0 Å². The number of fused-ring (bicyclic) bond motifs is 2. The van der Waals surface area contributed by atoms with E-state index >= 15 is 0 Å². The van der Waals surface area contributed by atoms with Crippen molar-refractivity contribution < 1.29 is 9.18 Å². The van der Waals surface area contributed by atoms with Gasteiger partial charge in [0.1, 0.15) is 11.6 Å². The lowest BCUT2D eigenvalue weighted by Gasteiger charge is -2.48. The predicted molar refractivity (Wildman–Crippen MR) is 107 cm³/mol. The maximum absolute atomic E-state index is 13.4. The van der Waals surface area contributed by atoms with Crippen LogP contribution in [0, 0.1) is 5.82 Å². The second kappa shape index (κ2) is 7.09. The lowest BCUT2D eigenvalue weighted by atomic mass is 9.84. The third-order valence-corrected chi connectivity index (χ3v) is 6.62. The van der Waals surface area contributed by atoms with Crippen LogP contribution in [0.1, 0.15) is 31.5 Å². The zero-order chi connectivity index (χ0) is 20.0. The third-order valence-electron chi connectivity index (χ3n) is 6.62. The molecule has 0 atom stereocenters. The summed E-state index contributed by atoms with van der Waals surface area (Å²) in [6.45, 7) is 4.89. The molecule has 0 bridgehead atoms. The number of halogens is 1. The van der Waals surface area contributed by atoms with Crippen molar-refractivity contribution in [3.63, 3.8) is 0 Å². The number of carbonyl (C=O) groups is 1. The molecular formula is C21H27FN6O. The fourth-order valence-corrected chi connectivity index (χ4v) is 5.18. The second-order valence-corrected chi connectivity index (χ2v) is 8.64. The number of hydrogen-bond donors (Lipinski definition) is 0. The van der Waals surface area contributed by atoms with E-state index in [0.717, 1.165) is 82.2 Å². The fourth-order valence-electron chi connectivity index (χ4n) is 5.18. The monoisotopic (exact) mass is 398 g/mol. The molecule has 2 saturated heterocycles. The molecule has 0 saturated carbocycles. The molecule has 154 valence electrons. The number of urea groups is 1. The Bertz CT molecular complexity index is 896.